The highest BCUT2D eigenvalue weighted by molar-refractivity contribution is 6.30. The van der Waals surface area contributed by atoms with Crippen molar-refractivity contribution in [2.75, 3.05) is 5.43 Å². The molecule has 0 radical (unpaired) electrons. The molecule has 1 heterocycles. The van der Waals surface area contributed by atoms with Crippen molar-refractivity contribution in [3.8, 4) is 11.4 Å². The Kier molecular flexibility index (Phi) is 5.18. The van der Waals surface area contributed by atoms with Gasteiger partial charge in [0.25, 0.3) is 0 Å². The topological polar surface area (TPSA) is 50.2 Å². The molecule has 3 rings (SSSR count). The van der Waals surface area contributed by atoms with Crippen LogP contribution in [0.1, 0.15) is 11.3 Å². The Bertz CT molecular complexity index is 927. The number of anilines is 1. The van der Waals surface area contributed by atoms with Gasteiger partial charge in [0.1, 0.15) is 0 Å². The Hall–Kier alpha value is -2.93. The third-order valence-corrected chi connectivity index (χ3v) is 3.53. The number of benzene rings is 2. The second-order valence-electron chi connectivity index (χ2n) is 5.25. The second-order valence-corrected chi connectivity index (χ2v) is 5.69. The molecule has 0 aliphatic rings. The zero-order valence-corrected chi connectivity index (χ0v) is 14.0. The summed E-state index contributed by atoms with van der Waals surface area (Å²) in [5.74, 6) is -0.106. The molecule has 0 aliphatic heterocycles. The van der Waals surface area contributed by atoms with E-state index in [0.29, 0.717) is 16.1 Å². The fourth-order valence-electron chi connectivity index (χ4n) is 2.13. The van der Waals surface area contributed by atoms with Crippen LogP contribution >= 0.6 is 11.6 Å². The highest BCUT2D eigenvalue weighted by Crippen LogP contribution is 2.30. The average molecular weight is 377 g/mol. The van der Waals surface area contributed by atoms with Gasteiger partial charge in [-0.2, -0.15) is 18.3 Å². The van der Waals surface area contributed by atoms with Crippen LogP contribution in [0.25, 0.3) is 11.4 Å². The molecule has 0 saturated carbocycles. The van der Waals surface area contributed by atoms with Gasteiger partial charge in [-0.3, -0.25) is 5.43 Å². The summed E-state index contributed by atoms with van der Waals surface area (Å²) in [5.41, 5.74) is 2.63. The lowest BCUT2D eigenvalue weighted by molar-refractivity contribution is -0.141. The van der Waals surface area contributed by atoms with Crippen LogP contribution < -0.4 is 5.43 Å². The molecule has 0 saturated heterocycles. The maximum atomic E-state index is 13.1. The summed E-state index contributed by atoms with van der Waals surface area (Å²) in [6.45, 7) is 0. The van der Waals surface area contributed by atoms with Gasteiger partial charge in [-0.1, -0.05) is 54.1 Å². The zero-order chi connectivity index (χ0) is 18.6. The van der Waals surface area contributed by atoms with Crippen LogP contribution in [0.2, 0.25) is 5.02 Å². The Morgan fingerprint density at radius 2 is 1.73 bits per heavy atom. The van der Waals surface area contributed by atoms with Gasteiger partial charge in [0.15, 0.2) is 17.3 Å². The molecule has 0 unspecified atom stereocenters. The highest BCUT2D eigenvalue weighted by Gasteiger charge is 2.33. The van der Waals surface area contributed by atoms with Gasteiger partial charge in [-0.15, -0.1) is 0 Å². The normalized spacial score (nSPS) is 11.7. The minimum Gasteiger partial charge on any atom is -0.261 e. The first kappa shape index (κ1) is 17.9. The Morgan fingerprint density at radius 3 is 2.42 bits per heavy atom. The predicted molar refractivity (Wildman–Crippen MR) is 95.1 cm³/mol. The van der Waals surface area contributed by atoms with E-state index in [1.807, 2.05) is 0 Å². The first-order chi connectivity index (χ1) is 12.4. The molecule has 1 aromatic heterocycles. The van der Waals surface area contributed by atoms with E-state index in [-0.39, 0.29) is 11.6 Å². The van der Waals surface area contributed by atoms with Gasteiger partial charge >= 0.3 is 6.18 Å². The summed E-state index contributed by atoms with van der Waals surface area (Å²) in [7, 11) is 0. The molecule has 3 aromatic rings. The highest BCUT2D eigenvalue weighted by atomic mass is 35.5. The van der Waals surface area contributed by atoms with Crippen molar-refractivity contribution in [2.24, 2.45) is 5.10 Å². The van der Waals surface area contributed by atoms with Crippen LogP contribution in [0.5, 0.6) is 0 Å². The smallest absolute Gasteiger partial charge is 0.261 e. The summed E-state index contributed by atoms with van der Waals surface area (Å²) in [6.07, 6.45) is -3.16. The second kappa shape index (κ2) is 7.53. The summed E-state index contributed by atoms with van der Waals surface area (Å²) in [5, 5.41) is 4.45. The van der Waals surface area contributed by atoms with E-state index < -0.39 is 11.9 Å². The van der Waals surface area contributed by atoms with Crippen LogP contribution in [0.4, 0.5) is 19.0 Å². The van der Waals surface area contributed by atoms with Crippen molar-refractivity contribution in [1.29, 1.82) is 0 Å². The maximum Gasteiger partial charge on any atom is 0.433 e. The van der Waals surface area contributed by atoms with Crippen molar-refractivity contribution < 1.29 is 13.2 Å². The summed E-state index contributed by atoms with van der Waals surface area (Å²) < 4.78 is 39.4. The Balaban J connectivity index is 1.91. The number of aromatic nitrogens is 2. The SMILES string of the molecule is FC(F)(F)c1cc(N/N=C\c2cccc(Cl)c2)nc(-c2ccccc2)n1. The van der Waals surface area contributed by atoms with Crippen molar-refractivity contribution in [1.82, 2.24) is 9.97 Å². The van der Waals surface area contributed by atoms with Gasteiger partial charge in [-0.25, -0.2) is 9.97 Å². The van der Waals surface area contributed by atoms with Crippen molar-refractivity contribution >= 4 is 23.6 Å². The summed E-state index contributed by atoms with van der Waals surface area (Å²) in [4.78, 5) is 7.71. The van der Waals surface area contributed by atoms with Crippen LogP contribution in [0.15, 0.2) is 65.8 Å². The van der Waals surface area contributed by atoms with E-state index in [9.17, 15) is 13.2 Å². The first-order valence-corrected chi connectivity index (χ1v) is 7.86. The van der Waals surface area contributed by atoms with Gasteiger partial charge in [-0.05, 0) is 17.7 Å². The van der Waals surface area contributed by atoms with E-state index >= 15 is 0 Å². The van der Waals surface area contributed by atoms with Gasteiger partial charge in [0.05, 0.1) is 6.21 Å². The van der Waals surface area contributed by atoms with Gasteiger partial charge in [0, 0.05) is 16.7 Å². The van der Waals surface area contributed by atoms with Gasteiger partial charge in [0.2, 0.25) is 0 Å². The average Bonchev–Trinajstić information content (AvgIpc) is 2.62. The number of halogens is 4. The van der Waals surface area contributed by atoms with E-state index in [4.69, 9.17) is 11.6 Å². The fraction of sp³-hybridized carbons (Fsp3) is 0.0556. The van der Waals surface area contributed by atoms with E-state index in [1.54, 1.807) is 54.6 Å². The molecule has 0 bridgehead atoms. The quantitative estimate of drug-likeness (QED) is 0.499. The van der Waals surface area contributed by atoms with Crippen LogP contribution in [0.3, 0.4) is 0 Å². The minimum absolute atomic E-state index is 0.0409. The number of alkyl halides is 3. The number of rotatable bonds is 4. The Labute approximate surface area is 152 Å². The molecule has 8 heteroatoms. The molecule has 0 fully saturated rings. The number of hydrazone groups is 1. The molecule has 132 valence electrons. The number of hydrogen-bond acceptors (Lipinski definition) is 4. The molecule has 0 amide bonds. The van der Waals surface area contributed by atoms with Crippen LogP contribution in [0, 0.1) is 0 Å². The number of nitrogens with zero attached hydrogens (tertiary/aromatic N) is 3. The first-order valence-electron chi connectivity index (χ1n) is 7.48. The van der Waals surface area contributed by atoms with E-state index in [2.05, 4.69) is 20.5 Å². The predicted octanol–water partition coefficient (Wildman–Crippen LogP) is 5.26. The fourth-order valence-corrected chi connectivity index (χ4v) is 2.32. The third kappa shape index (κ3) is 4.58. The molecule has 2 aromatic carbocycles. The largest absolute Gasteiger partial charge is 0.433 e. The van der Waals surface area contributed by atoms with Gasteiger partial charge < -0.3 is 0 Å². The van der Waals surface area contributed by atoms with Crippen molar-refractivity contribution in [3.63, 3.8) is 0 Å². The van der Waals surface area contributed by atoms with Crippen LogP contribution in [-0.4, -0.2) is 16.2 Å². The lowest BCUT2D eigenvalue weighted by Crippen LogP contribution is -2.11. The molecular formula is C18H12ClF3N4. The third-order valence-electron chi connectivity index (χ3n) is 3.29. The minimum atomic E-state index is -4.60. The molecule has 0 aliphatic carbocycles. The lowest BCUT2D eigenvalue weighted by atomic mass is 10.2. The monoisotopic (exact) mass is 376 g/mol. The molecule has 0 spiro atoms. The lowest BCUT2D eigenvalue weighted by Gasteiger charge is -2.10. The number of nitrogens with one attached hydrogen (secondary N) is 1. The molecular weight excluding hydrogens is 365 g/mol. The van der Waals surface area contributed by atoms with E-state index in [1.165, 1.54) is 6.21 Å². The summed E-state index contributed by atoms with van der Waals surface area (Å²) in [6, 6.07) is 16.1. The maximum absolute atomic E-state index is 13.1. The van der Waals surface area contributed by atoms with Crippen molar-refractivity contribution in [2.45, 2.75) is 6.18 Å². The summed E-state index contributed by atoms with van der Waals surface area (Å²) >= 11 is 5.87. The molecule has 4 nitrogen and oxygen atoms in total. The molecule has 1 N–H and O–H groups in total. The van der Waals surface area contributed by atoms with E-state index in [0.717, 1.165) is 6.07 Å². The molecule has 26 heavy (non-hydrogen) atoms. The number of hydrogen-bond donors (Lipinski definition) is 1. The Morgan fingerprint density at radius 1 is 0.962 bits per heavy atom. The molecule has 0 atom stereocenters. The standard InChI is InChI=1S/C18H12ClF3N4/c19-14-8-4-5-12(9-14)11-23-26-16-10-15(18(20,21)22)24-17(25-16)13-6-2-1-3-7-13/h1-11H,(H,24,25,26)/b23-11-. The van der Waals surface area contributed by atoms with Crippen LogP contribution in [-0.2, 0) is 6.18 Å². The zero-order valence-electron chi connectivity index (χ0n) is 13.2. The van der Waals surface area contributed by atoms with Crippen molar-refractivity contribution in [3.05, 3.63) is 76.9 Å².